The fourth-order valence-corrected chi connectivity index (χ4v) is 2.38. The van der Waals surface area contributed by atoms with Gasteiger partial charge in [0.1, 0.15) is 5.78 Å². The van der Waals surface area contributed by atoms with Gasteiger partial charge in [-0.3, -0.25) is 4.79 Å². The molecule has 0 bridgehead atoms. The van der Waals surface area contributed by atoms with Gasteiger partial charge in [-0.2, -0.15) is 0 Å². The maximum absolute atomic E-state index is 11.8. The predicted octanol–water partition coefficient (Wildman–Crippen LogP) is 3.18. The van der Waals surface area contributed by atoms with Gasteiger partial charge < -0.3 is 0 Å². The topological polar surface area (TPSA) is 17.1 Å². The summed E-state index contributed by atoms with van der Waals surface area (Å²) in [6.07, 6.45) is 7.16. The van der Waals surface area contributed by atoms with Crippen molar-refractivity contribution in [3.05, 3.63) is 0 Å². The molecule has 0 radical (unpaired) electrons. The van der Waals surface area contributed by atoms with Gasteiger partial charge in [-0.05, 0) is 43.9 Å². The molecule has 0 spiro atoms. The van der Waals surface area contributed by atoms with Crippen molar-refractivity contribution >= 4 is 5.78 Å². The van der Waals surface area contributed by atoms with Crippen molar-refractivity contribution in [2.75, 3.05) is 0 Å². The van der Waals surface area contributed by atoms with E-state index >= 15 is 0 Å². The third kappa shape index (κ3) is 2.12. The molecule has 2 rings (SSSR count). The highest BCUT2D eigenvalue weighted by molar-refractivity contribution is 5.85. The summed E-state index contributed by atoms with van der Waals surface area (Å²) in [6.45, 7) is 4.65. The third-order valence-corrected chi connectivity index (χ3v) is 3.72. The van der Waals surface area contributed by atoms with Crippen LogP contribution < -0.4 is 0 Å². The van der Waals surface area contributed by atoms with Gasteiger partial charge in [-0.25, -0.2) is 0 Å². The van der Waals surface area contributed by atoms with E-state index < -0.39 is 0 Å². The number of hydrogen-bond donors (Lipinski definition) is 0. The predicted molar refractivity (Wildman–Crippen MR) is 53.5 cm³/mol. The Morgan fingerprint density at radius 1 is 1.00 bits per heavy atom. The molecule has 0 aliphatic heterocycles. The number of hydrogen-bond acceptors (Lipinski definition) is 1. The van der Waals surface area contributed by atoms with Gasteiger partial charge in [-0.1, -0.05) is 13.8 Å². The molecule has 0 heterocycles. The Hall–Kier alpha value is -0.330. The summed E-state index contributed by atoms with van der Waals surface area (Å²) in [4.78, 5) is 11.8. The van der Waals surface area contributed by atoms with E-state index in [0.717, 1.165) is 12.8 Å². The Kier molecular flexibility index (Phi) is 2.21. The highest BCUT2D eigenvalue weighted by Crippen LogP contribution is 2.42. The molecule has 1 nitrogen and oxygen atoms in total. The second-order valence-corrected chi connectivity index (χ2v) is 5.62. The Bertz CT molecular complexity index is 203. The zero-order valence-corrected chi connectivity index (χ0v) is 8.81. The molecule has 74 valence electrons. The molecule has 0 N–H and O–H groups in total. The van der Waals surface area contributed by atoms with Crippen molar-refractivity contribution in [3.63, 3.8) is 0 Å². The lowest BCUT2D eigenvalue weighted by molar-refractivity contribution is -0.125. The molecule has 0 atom stereocenters. The van der Waals surface area contributed by atoms with Gasteiger partial charge in [-0.15, -0.1) is 0 Å². The van der Waals surface area contributed by atoms with Crippen molar-refractivity contribution < 1.29 is 4.79 Å². The number of carbonyl (C=O) groups is 1. The standard InChI is InChI=1S/C12H20O/c1-12(2)7-5-10(6-8-12)11(13)9-3-4-9/h9-10H,3-8H2,1-2H3. The van der Waals surface area contributed by atoms with E-state index in [-0.39, 0.29) is 0 Å². The van der Waals surface area contributed by atoms with Gasteiger partial charge in [0.05, 0.1) is 0 Å². The normalized spacial score (nSPS) is 28.8. The summed E-state index contributed by atoms with van der Waals surface area (Å²) < 4.78 is 0. The Morgan fingerprint density at radius 3 is 1.92 bits per heavy atom. The fraction of sp³-hybridized carbons (Fsp3) is 0.917. The van der Waals surface area contributed by atoms with Gasteiger partial charge in [0.25, 0.3) is 0 Å². The maximum Gasteiger partial charge on any atom is 0.139 e. The molecular formula is C12H20O. The summed E-state index contributed by atoms with van der Waals surface area (Å²) in [7, 11) is 0. The number of rotatable bonds is 2. The van der Waals surface area contributed by atoms with Crippen LogP contribution in [-0.4, -0.2) is 5.78 Å². The monoisotopic (exact) mass is 180 g/mol. The molecule has 0 aromatic heterocycles. The van der Waals surface area contributed by atoms with Crippen LogP contribution in [0.2, 0.25) is 0 Å². The minimum atomic E-state index is 0.431. The number of ketones is 1. The second kappa shape index (κ2) is 3.11. The average Bonchev–Trinajstić information content (AvgIpc) is 2.85. The van der Waals surface area contributed by atoms with Crippen LogP contribution in [0.25, 0.3) is 0 Å². The molecule has 2 saturated carbocycles. The van der Waals surface area contributed by atoms with Crippen LogP contribution in [0, 0.1) is 17.3 Å². The molecule has 0 saturated heterocycles. The highest BCUT2D eigenvalue weighted by Gasteiger charge is 2.37. The lowest BCUT2D eigenvalue weighted by Gasteiger charge is -2.33. The SMILES string of the molecule is CC1(C)CCC(C(=O)C2CC2)CC1. The van der Waals surface area contributed by atoms with E-state index in [1.54, 1.807) is 0 Å². The Labute approximate surface area is 80.9 Å². The number of carbonyl (C=O) groups excluding carboxylic acids is 1. The molecular weight excluding hydrogens is 160 g/mol. The van der Waals surface area contributed by atoms with Crippen molar-refractivity contribution in [3.8, 4) is 0 Å². The van der Waals surface area contributed by atoms with Gasteiger partial charge in [0.15, 0.2) is 0 Å². The van der Waals surface area contributed by atoms with E-state index in [9.17, 15) is 4.79 Å². The molecule has 0 unspecified atom stereocenters. The van der Waals surface area contributed by atoms with Gasteiger partial charge in [0, 0.05) is 11.8 Å². The first-order valence-corrected chi connectivity index (χ1v) is 5.62. The fourth-order valence-electron chi connectivity index (χ4n) is 2.38. The number of Topliss-reactive ketones (excluding diaryl/α,β-unsaturated/α-hetero) is 1. The Balaban J connectivity index is 1.86. The van der Waals surface area contributed by atoms with Gasteiger partial charge >= 0.3 is 0 Å². The maximum atomic E-state index is 11.8. The van der Waals surface area contributed by atoms with E-state index in [0.29, 0.717) is 23.0 Å². The van der Waals surface area contributed by atoms with Crippen LogP contribution in [0.3, 0.4) is 0 Å². The molecule has 1 heteroatoms. The van der Waals surface area contributed by atoms with Crippen molar-refractivity contribution in [2.45, 2.75) is 52.4 Å². The van der Waals surface area contributed by atoms with E-state index in [4.69, 9.17) is 0 Å². The molecule has 0 amide bonds. The second-order valence-electron chi connectivity index (χ2n) is 5.62. The molecule has 2 aliphatic carbocycles. The van der Waals surface area contributed by atoms with Crippen LogP contribution in [0.4, 0.5) is 0 Å². The summed E-state index contributed by atoms with van der Waals surface area (Å²) in [5, 5.41) is 0. The zero-order valence-electron chi connectivity index (χ0n) is 8.81. The molecule has 0 aromatic carbocycles. The van der Waals surface area contributed by atoms with Gasteiger partial charge in [0.2, 0.25) is 0 Å². The summed E-state index contributed by atoms with van der Waals surface area (Å²) >= 11 is 0. The van der Waals surface area contributed by atoms with Crippen molar-refractivity contribution in [2.24, 2.45) is 17.3 Å². The average molecular weight is 180 g/mol. The highest BCUT2D eigenvalue weighted by atomic mass is 16.1. The third-order valence-electron chi connectivity index (χ3n) is 3.72. The minimum Gasteiger partial charge on any atom is -0.299 e. The van der Waals surface area contributed by atoms with Crippen LogP contribution in [-0.2, 0) is 4.79 Å². The van der Waals surface area contributed by atoms with E-state index in [2.05, 4.69) is 13.8 Å². The van der Waals surface area contributed by atoms with Crippen molar-refractivity contribution in [1.82, 2.24) is 0 Å². The van der Waals surface area contributed by atoms with Crippen LogP contribution in [0.1, 0.15) is 52.4 Å². The minimum absolute atomic E-state index is 0.431. The summed E-state index contributed by atoms with van der Waals surface area (Å²) in [6, 6.07) is 0. The smallest absolute Gasteiger partial charge is 0.139 e. The lowest BCUT2D eigenvalue weighted by atomic mass is 9.71. The first-order valence-electron chi connectivity index (χ1n) is 5.62. The van der Waals surface area contributed by atoms with E-state index in [1.165, 1.54) is 25.7 Å². The first-order chi connectivity index (χ1) is 6.08. The molecule has 2 aliphatic rings. The van der Waals surface area contributed by atoms with E-state index in [1.807, 2.05) is 0 Å². The largest absolute Gasteiger partial charge is 0.299 e. The summed E-state index contributed by atoms with van der Waals surface area (Å²) in [5.41, 5.74) is 0.500. The molecule has 0 aromatic rings. The lowest BCUT2D eigenvalue weighted by Crippen LogP contribution is -2.26. The quantitative estimate of drug-likeness (QED) is 0.638. The Morgan fingerprint density at radius 2 is 1.46 bits per heavy atom. The van der Waals surface area contributed by atoms with Crippen LogP contribution in [0.15, 0.2) is 0 Å². The molecule has 13 heavy (non-hydrogen) atoms. The van der Waals surface area contributed by atoms with Crippen molar-refractivity contribution in [1.29, 1.82) is 0 Å². The first kappa shape index (κ1) is 9.23. The van der Waals surface area contributed by atoms with Crippen LogP contribution >= 0.6 is 0 Å². The molecule has 2 fully saturated rings. The van der Waals surface area contributed by atoms with Crippen LogP contribution in [0.5, 0.6) is 0 Å². The summed E-state index contributed by atoms with van der Waals surface area (Å²) in [5.74, 6) is 1.50. The zero-order chi connectivity index (χ0) is 9.47.